The molecule has 35 heavy (non-hydrogen) atoms. The zero-order valence-electron chi connectivity index (χ0n) is 19.9. The smallest absolute Gasteiger partial charge is 0.224 e. The first-order valence-electron chi connectivity index (χ1n) is 11.7. The molecule has 0 radical (unpaired) electrons. The molecule has 184 valence electrons. The minimum Gasteiger partial charge on any atom is -0.495 e. The Morgan fingerprint density at radius 3 is 2.17 bits per heavy atom. The Kier molecular flexibility index (Phi) is 8.05. The second kappa shape index (κ2) is 11.4. The van der Waals surface area contributed by atoms with E-state index in [1.165, 1.54) is 4.31 Å². The van der Waals surface area contributed by atoms with Crippen molar-refractivity contribution in [3.8, 4) is 16.9 Å². The number of carbonyl (C=O) groups excluding carboxylic acids is 1. The summed E-state index contributed by atoms with van der Waals surface area (Å²) in [4.78, 5) is 14.5. The van der Waals surface area contributed by atoms with Crippen molar-refractivity contribution in [3.63, 3.8) is 0 Å². The highest BCUT2D eigenvalue weighted by molar-refractivity contribution is 7.89. The molecule has 0 aromatic heterocycles. The lowest BCUT2D eigenvalue weighted by Gasteiger charge is -2.36. The van der Waals surface area contributed by atoms with Gasteiger partial charge in [0.1, 0.15) is 5.75 Å². The second-order valence-corrected chi connectivity index (χ2v) is 10.6. The number of rotatable bonds is 9. The van der Waals surface area contributed by atoms with Gasteiger partial charge in [-0.05, 0) is 28.8 Å². The van der Waals surface area contributed by atoms with Crippen molar-refractivity contribution >= 4 is 21.6 Å². The van der Waals surface area contributed by atoms with Gasteiger partial charge in [-0.3, -0.25) is 4.79 Å². The molecule has 0 aliphatic carbocycles. The summed E-state index contributed by atoms with van der Waals surface area (Å²) in [5.74, 6) is 0.482. The number of methoxy groups -OCH3 is 1. The van der Waals surface area contributed by atoms with Crippen LogP contribution in [0.3, 0.4) is 0 Å². The first kappa shape index (κ1) is 24.8. The quantitative estimate of drug-likeness (QED) is 0.495. The zero-order valence-corrected chi connectivity index (χ0v) is 20.7. The van der Waals surface area contributed by atoms with E-state index in [1.54, 1.807) is 7.11 Å². The van der Waals surface area contributed by atoms with Gasteiger partial charge in [-0.1, -0.05) is 66.7 Å². The summed E-state index contributed by atoms with van der Waals surface area (Å²) in [6.45, 7) is 2.08. The number of hydrogen-bond acceptors (Lipinski definition) is 5. The first-order valence-corrected chi connectivity index (χ1v) is 13.3. The van der Waals surface area contributed by atoms with Crippen molar-refractivity contribution in [1.29, 1.82) is 0 Å². The van der Waals surface area contributed by atoms with Crippen LogP contribution < -0.4 is 15.0 Å². The molecule has 0 bridgehead atoms. The van der Waals surface area contributed by atoms with Crippen molar-refractivity contribution in [2.75, 3.05) is 50.5 Å². The molecular weight excluding hydrogens is 462 g/mol. The number of hydrogen-bond donors (Lipinski definition) is 1. The van der Waals surface area contributed by atoms with Crippen LogP contribution in [0.1, 0.15) is 5.56 Å². The van der Waals surface area contributed by atoms with Crippen LogP contribution in [-0.2, 0) is 21.2 Å². The molecule has 0 atom stereocenters. The van der Waals surface area contributed by atoms with Crippen molar-refractivity contribution in [1.82, 2.24) is 9.62 Å². The molecule has 0 unspecified atom stereocenters. The van der Waals surface area contributed by atoms with Gasteiger partial charge in [0.15, 0.2) is 0 Å². The number of amides is 1. The maximum atomic E-state index is 12.8. The van der Waals surface area contributed by atoms with Crippen molar-refractivity contribution < 1.29 is 17.9 Å². The molecule has 8 heteroatoms. The van der Waals surface area contributed by atoms with Gasteiger partial charge in [-0.15, -0.1) is 0 Å². The Morgan fingerprint density at radius 1 is 0.857 bits per heavy atom. The summed E-state index contributed by atoms with van der Waals surface area (Å²) in [7, 11) is -1.82. The minimum atomic E-state index is -3.45. The zero-order chi connectivity index (χ0) is 24.7. The fraction of sp³-hybridized carbons (Fsp3) is 0.296. The summed E-state index contributed by atoms with van der Waals surface area (Å²) in [5.41, 5.74) is 4.07. The number of nitrogens with one attached hydrogen (secondary N) is 1. The SMILES string of the molecule is COc1ccccc1N1CCN(S(=O)(=O)CCNC(=O)Cc2ccc(-c3ccccc3)cc2)CC1. The topological polar surface area (TPSA) is 79.0 Å². The molecule has 1 heterocycles. The Hall–Kier alpha value is -3.36. The van der Waals surface area contributed by atoms with Gasteiger partial charge in [0.05, 0.1) is 25.0 Å². The second-order valence-electron chi connectivity index (χ2n) is 8.46. The molecule has 0 spiro atoms. The maximum absolute atomic E-state index is 12.8. The summed E-state index contributed by atoms with van der Waals surface area (Å²) in [5, 5.41) is 2.75. The molecule has 1 saturated heterocycles. The van der Waals surface area contributed by atoms with Crippen molar-refractivity contribution in [3.05, 3.63) is 84.4 Å². The van der Waals surface area contributed by atoms with Crippen molar-refractivity contribution in [2.45, 2.75) is 6.42 Å². The van der Waals surface area contributed by atoms with E-state index in [1.807, 2.05) is 78.9 Å². The number of nitrogens with zero attached hydrogens (tertiary/aromatic N) is 2. The van der Waals surface area contributed by atoms with Gasteiger partial charge in [-0.2, -0.15) is 4.31 Å². The molecule has 3 aromatic rings. The van der Waals surface area contributed by atoms with Gasteiger partial charge in [0, 0.05) is 32.7 Å². The van der Waals surface area contributed by atoms with Crippen LogP contribution in [0.4, 0.5) is 5.69 Å². The number of para-hydroxylation sites is 2. The van der Waals surface area contributed by atoms with Crippen LogP contribution >= 0.6 is 0 Å². The molecule has 1 aliphatic heterocycles. The van der Waals surface area contributed by atoms with E-state index in [2.05, 4.69) is 10.2 Å². The predicted molar refractivity (Wildman–Crippen MR) is 139 cm³/mol. The molecule has 3 aromatic carbocycles. The highest BCUT2D eigenvalue weighted by Gasteiger charge is 2.27. The Labute approximate surface area is 207 Å². The number of ether oxygens (including phenoxy) is 1. The van der Waals surface area contributed by atoms with E-state index in [-0.39, 0.29) is 24.6 Å². The predicted octanol–water partition coefficient (Wildman–Crippen LogP) is 3.17. The summed E-state index contributed by atoms with van der Waals surface area (Å²) in [6.07, 6.45) is 0.215. The van der Waals surface area contributed by atoms with Gasteiger partial charge in [0.25, 0.3) is 0 Å². The Bertz CT molecular complexity index is 1220. The van der Waals surface area contributed by atoms with E-state index < -0.39 is 10.0 Å². The number of piperazine rings is 1. The highest BCUT2D eigenvalue weighted by atomic mass is 32.2. The van der Waals surface area contributed by atoms with E-state index in [0.717, 1.165) is 28.1 Å². The molecule has 1 fully saturated rings. The number of carbonyl (C=O) groups is 1. The third-order valence-electron chi connectivity index (χ3n) is 6.17. The number of benzene rings is 3. The maximum Gasteiger partial charge on any atom is 0.224 e. The Balaban J connectivity index is 1.22. The van der Waals surface area contributed by atoms with Gasteiger partial charge >= 0.3 is 0 Å². The fourth-order valence-corrected chi connectivity index (χ4v) is 5.58. The van der Waals surface area contributed by atoms with Crippen LogP contribution in [0, 0.1) is 0 Å². The molecule has 0 saturated carbocycles. The third-order valence-corrected chi connectivity index (χ3v) is 8.04. The van der Waals surface area contributed by atoms with Crippen LogP contribution in [-0.4, -0.2) is 64.2 Å². The summed E-state index contributed by atoms with van der Waals surface area (Å²) in [6, 6.07) is 25.6. The molecule has 7 nitrogen and oxygen atoms in total. The number of anilines is 1. The fourth-order valence-electron chi connectivity index (χ4n) is 4.24. The third kappa shape index (κ3) is 6.41. The van der Waals surface area contributed by atoms with Crippen molar-refractivity contribution in [2.24, 2.45) is 0 Å². The van der Waals surface area contributed by atoms with Crippen LogP contribution in [0.25, 0.3) is 11.1 Å². The highest BCUT2D eigenvalue weighted by Crippen LogP contribution is 2.28. The average Bonchev–Trinajstić information content (AvgIpc) is 2.89. The normalized spacial score (nSPS) is 14.5. The van der Waals surface area contributed by atoms with Gasteiger partial charge in [0.2, 0.25) is 15.9 Å². The largest absolute Gasteiger partial charge is 0.495 e. The van der Waals surface area contributed by atoms with E-state index in [4.69, 9.17) is 4.74 Å². The monoisotopic (exact) mass is 493 g/mol. The van der Waals surface area contributed by atoms with E-state index in [0.29, 0.717) is 26.2 Å². The lowest BCUT2D eigenvalue weighted by atomic mass is 10.0. The molecular formula is C27H31N3O4S. The summed E-state index contributed by atoms with van der Waals surface area (Å²) < 4.78 is 32.5. The summed E-state index contributed by atoms with van der Waals surface area (Å²) >= 11 is 0. The molecule has 1 aliphatic rings. The first-order chi connectivity index (χ1) is 17.0. The molecule has 1 amide bonds. The van der Waals surface area contributed by atoms with E-state index >= 15 is 0 Å². The number of sulfonamides is 1. The van der Waals surface area contributed by atoms with Gasteiger partial charge < -0.3 is 15.0 Å². The molecule has 4 rings (SSSR count). The van der Waals surface area contributed by atoms with Crippen LogP contribution in [0.5, 0.6) is 5.75 Å². The van der Waals surface area contributed by atoms with E-state index in [9.17, 15) is 13.2 Å². The average molecular weight is 494 g/mol. The standard InChI is InChI=1S/C27H31N3O4S/c1-34-26-10-6-5-9-25(26)29-16-18-30(19-17-29)35(32,33)20-15-28-27(31)21-22-11-13-24(14-12-22)23-7-3-2-4-8-23/h2-14H,15-21H2,1H3,(H,28,31). The molecule has 1 N–H and O–H groups in total. The Morgan fingerprint density at radius 2 is 1.49 bits per heavy atom. The lowest BCUT2D eigenvalue weighted by Crippen LogP contribution is -2.50. The van der Waals surface area contributed by atoms with Gasteiger partial charge in [-0.25, -0.2) is 8.42 Å². The van der Waals surface area contributed by atoms with Crippen LogP contribution in [0.2, 0.25) is 0 Å². The lowest BCUT2D eigenvalue weighted by molar-refractivity contribution is -0.120. The minimum absolute atomic E-state index is 0.0932. The van der Waals surface area contributed by atoms with Crippen LogP contribution in [0.15, 0.2) is 78.9 Å².